The molecule has 0 atom stereocenters. The lowest BCUT2D eigenvalue weighted by atomic mass is 10.1. The highest BCUT2D eigenvalue weighted by molar-refractivity contribution is 5.84. The van der Waals surface area contributed by atoms with Gasteiger partial charge in [0.2, 0.25) is 0 Å². The predicted octanol–water partition coefficient (Wildman–Crippen LogP) is 6.43. The van der Waals surface area contributed by atoms with E-state index in [1.165, 1.54) is 18.5 Å². The molecule has 0 fully saturated rings. The van der Waals surface area contributed by atoms with Crippen molar-refractivity contribution < 1.29 is 22.3 Å². The molecule has 166 valence electrons. The summed E-state index contributed by atoms with van der Waals surface area (Å²) in [5, 5.41) is 0.916. The van der Waals surface area contributed by atoms with Crippen molar-refractivity contribution in [3.63, 3.8) is 0 Å². The maximum atomic E-state index is 14.6. The van der Waals surface area contributed by atoms with Crippen molar-refractivity contribution in [1.82, 2.24) is 9.97 Å². The quantitative estimate of drug-likeness (QED) is 0.200. The van der Waals surface area contributed by atoms with Gasteiger partial charge in [-0.05, 0) is 53.6 Å². The van der Waals surface area contributed by atoms with Crippen molar-refractivity contribution >= 4 is 10.8 Å². The number of rotatable bonds is 5. The Hall–Kier alpha value is -3.92. The summed E-state index contributed by atoms with van der Waals surface area (Å²) in [6.07, 6.45) is 4.80. The fraction of sp³-hybridized carbons (Fsp3) is 0.154. The van der Waals surface area contributed by atoms with Gasteiger partial charge in [-0.25, -0.2) is 27.5 Å². The van der Waals surface area contributed by atoms with Crippen LogP contribution >= 0.6 is 0 Å². The molecule has 0 saturated carbocycles. The lowest BCUT2D eigenvalue weighted by Gasteiger charge is -2.06. The van der Waals surface area contributed by atoms with E-state index in [0.29, 0.717) is 28.7 Å². The Morgan fingerprint density at radius 3 is 2.12 bits per heavy atom. The monoisotopic (exact) mass is 450 g/mol. The number of unbranched alkanes of at least 4 members (excludes halogenated alkanes) is 1. The topological polar surface area (TPSA) is 35.0 Å². The van der Waals surface area contributed by atoms with Crippen molar-refractivity contribution in [1.29, 1.82) is 0 Å². The molecule has 4 aromatic rings. The molecule has 3 aromatic carbocycles. The van der Waals surface area contributed by atoms with E-state index in [0.717, 1.165) is 37.1 Å². The fourth-order valence-corrected chi connectivity index (χ4v) is 3.15. The summed E-state index contributed by atoms with van der Waals surface area (Å²) < 4.78 is 61.6. The Morgan fingerprint density at radius 1 is 0.788 bits per heavy atom. The van der Waals surface area contributed by atoms with Gasteiger partial charge in [0.25, 0.3) is 0 Å². The first-order valence-corrected chi connectivity index (χ1v) is 10.3. The highest BCUT2D eigenvalue weighted by Crippen LogP contribution is 2.23. The van der Waals surface area contributed by atoms with E-state index >= 15 is 0 Å². The number of fused-ring (bicyclic) bond motifs is 1. The predicted molar refractivity (Wildman–Crippen MR) is 118 cm³/mol. The molecule has 0 bridgehead atoms. The lowest BCUT2D eigenvalue weighted by molar-refractivity contribution is 0.307. The van der Waals surface area contributed by atoms with Gasteiger partial charge in [0.15, 0.2) is 23.2 Å². The fourth-order valence-electron chi connectivity index (χ4n) is 3.15. The molecule has 0 radical (unpaired) electrons. The standard InChI is InChI=1S/C26H18F4N2O/c1-2-3-8-33-20-14-31-26(32-15-20)19-12-22(27)21(23(28)13-19)7-5-16-4-6-17-10-24(29)25(30)11-18(17)9-16/h4,6,9-15H,2-3,8H2,1H3. The van der Waals surface area contributed by atoms with Crippen LogP contribution in [0.1, 0.15) is 30.9 Å². The molecule has 0 amide bonds. The second kappa shape index (κ2) is 9.70. The van der Waals surface area contributed by atoms with E-state index in [2.05, 4.69) is 21.8 Å². The van der Waals surface area contributed by atoms with Gasteiger partial charge < -0.3 is 4.74 Å². The number of aromatic nitrogens is 2. The van der Waals surface area contributed by atoms with Gasteiger partial charge in [-0.1, -0.05) is 31.3 Å². The Labute approximate surface area is 188 Å². The Balaban J connectivity index is 1.58. The highest BCUT2D eigenvalue weighted by Gasteiger charge is 2.12. The molecule has 3 nitrogen and oxygen atoms in total. The van der Waals surface area contributed by atoms with Crippen LogP contribution in [-0.2, 0) is 0 Å². The first-order chi connectivity index (χ1) is 15.9. The number of ether oxygens (including phenoxy) is 1. The Kier molecular flexibility index (Phi) is 6.55. The van der Waals surface area contributed by atoms with Crippen molar-refractivity contribution in [3.8, 4) is 29.0 Å². The first-order valence-electron chi connectivity index (χ1n) is 10.3. The number of benzene rings is 3. The van der Waals surface area contributed by atoms with Crippen LogP contribution in [0.5, 0.6) is 5.75 Å². The SMILES string of the molecule is CCCCOc1cnc(-c2cc(F)c(C#Cc3ccc4cc(F)c(F)cc4c3)c(F)c2)nc1. The van der Waals surface area contributed by atoms with Gasteiger partial charge in [-0.15, -0.1) is 0 Å². The van der Waals surface area contributed by atoms with Crippen molar-refractivity contribution in [2.24, 2.45) is 0 Å². The third-order valence-electron chi connectivity index (χ3n) is 4.91. The third-order valence-corrected chi connectivity index (χ3v) is 4.91. The average Bonchev–Trinajstić information content (AvgIpc) is 2.80. The van der Waals surface area contributed by atoms with Crippen LogP contribution in [0.4, 0.5) is 17.6 Å². The van der Waals surface area contributed by atoms with Crippen LogP contribution in [0.3, 0.4) is 0 Å². The normalized spacial score (nSPS) is 10.7. The van der Waals surface area contributed by atoms with Crippen LogP contribution in [0, 0.1) is 35.1 Å². The summed E-state index contributed by atoms with van der Waals surface area (Å²) in [6.45, 7) is 2.59. The minimum atomic E-state index is -0.983. The molecule has 1 heterocycles. The van der Waals surface area contributed by atoms with Gasteiger partial charge in [-0.3, -0.25) is 0 Å². The molecular formula is C26H18F4N2O. The maximum absolute atomic E-state index is 14.6. The molecule has 7 heteroatoms. The molecule has 4 rings (SSSR count). The zero-order valence-corrected chi connectivity index (χ0v) is 17.6. The number of nitrogens with zero attached hydrogens (tertiary/aromatic N) is 2. The molecule has 33 heavy (non-hydrogen) atoms. The van der Waals surface area contributed by atoms with E-state index in [-0.39, 0.29) is 11.4 Å². The second-order valence-electron chi connectivity index (χ2n) is 7.34. The van der Waals surface area contributed by atoms with Gasteiger partial charge in [0.1, 0.15) is 11.6 Å². The Morgan fingerprint density at radius 2 is 1.45 bits per heavy atom. The molecule has 0 spiro atoms. The molecule has 0 aliphatic rings. The summed E-state index contributed by atoms with van der Waals surface area (Å²) in [5.41, 5.74) is 0.154. The van der Waals surface area contributed by atoms with Gasteiger partial charge in [0.05, 0.1) is 24.6 Å². The number of hydrogen-bond donors (Lipinski definition) is 0. The van der Waals surface area contributed by atoms with Crippen molar-refractivity contribution in [2.75, 3.05) is 6.61 Å². The lowest BCUT2D eigenvalue weighted by Crippen LogP contribution is -1.99. The summed E-state index contributed by atoms with van der Waals surface area (Å²) in [5.74, 6) is 2.11. The van der Waals surface area contributed by atoms with Crippen molar-refractivity contribution in [3.05, 3.63) is 89.3 Å². The van der Waals surface area contributed by atoms with Crippen molar-refractivity contribution in [2.45, 2.75) is 19.8 Å². The highest BCUT2D eigenvalue weighted by atomic mass is 19.2. The zero-order chi connectivity index (χ0) is 23.4. The minimum Gasteiger partial charge on any atom is -0.490 e. The van der Waals surface area contributed by atoms with E-state index in [1.54, 1.807) is 12.1 Å². The molecule has 0 aliphatic heterocycles. The number of hydrogen-bond acceptors (Lipinski definition) is 3. The summed E-state index contributed by atoms with van der Waals surface area (Å²) in [7, 11) is 0. The minimum absolute atomic E-state index is 0.152. The summed E-state index contributed by atoms with van der Waals surface area (Å²) >= 11 is 0. The average molecular weight is 450 g/mol. The smallest absolute Gasteiger partial charge is 0.159 e. The third kappa shape index (κ3) is 5.12. The van der Waals surface area contributed by atoms with E-state index in [1.807, 2.05) is 6.92 Å². The van der Waals surface area contributed by atoms with Gasteiger partial charge in [0, 0.05) is 11.1 Å². The van der Waals surface area contributed by atoms with Gasteiger partial charge >= 0.3 is 0 Å². The van der Waals surface area contributed by atoms with Crippen LogP contribution < -0.4 is 4.74 Å². The van der Waals surface area contributed by atoms with Crippen LogP contribution in [0.2, 0.25) is 0 Å². The zero-order valence-electron chi connectivity index (χ0n) is 17.6. The Bertz CT molecular complexity index is 1350. The van der Waals surface area contributed by atoms with Gasteiger partial charge in [-0.2, -0.15) is 0 Å². The first kappa shape index (κ1) is 22.3. The maximum Gasteiger partial charge on any atom is 0.159 e. The molecular weight excluding hydrogens is 432 g/mol. The van der Waals surface area contributed by atoms with Crippen LogP contribution in [0.25, 0.3) is 22.2 Å². The van der Waals surface area contributed by atoms with Crippen LogP contribution in [0.15, 0.2) is 54.9 Å². The summed E-state index contributed by atoms with van der Waals surface area (Å²) in [4.78, 5) is 8.23. The molecule has 0 saturated heterocycles. The van der Waals surface area contributed by atoms with Crippen LogP contribution in [-0.4, -0.2) is 16.6 Å². The molecule has 0 aliphatic carbocycles. The summed E-state index contributed by atoms with van der Waals surface area (Å²) in [6, 6.07) is 8.99. The second-order valence-corrected chi connectivity index (χ2v) is 7.34. The number of halogens is 4. The largest absolute Gasteiger partial charge is 0.490 e. The van der Waals surface area contributed by atoms with E-state index in [9.17, 15) is 17.6 Å². The molecule has 0 N–H and O–H groups in total. The molecule has 1 aromatic heterocycles. The van der Waals surface area contributed by atoms with E-state index in [4.69, 9.17) is 4.74 Å². The van der Waals surface area contributed by atoms with E-state index < -0.39 is 28.8 Å². The molecule has 0 unspecified atom stereocenters.